The first-order chi connectivity index (χ1) is 7.68. The van der Waals surface area contributed by atoms with Crippen LogP contribution in [0.4, 0.5) is 5.69 Å². The van der Waals surface area contributed by atoms with E-state index in [4.69, 9.17) is 5.11 Å². The molecule has 3 heteroatoms. The number of carbonyl (C=O) groups is 1. The molecular weight excluding hydrogens is 202 g/mol. The van der Waals surface area contributed by atoms with Crippen LogP contribution in [0.5, 0.6) is 0 Å². The molecule has 82 valence electrons. The highest BCUT2D eigenvalue weighted by Gasteiger charge is 2.08. The number of benzene rings is 2. The Kier molecular flexibility index (Phi) is 2.77. The first-order valence-corrected chi connectivity index (χ1v) is 5.09. The van der Waals surface area contributed by atoms with E-state index in [0.29, 0.717) is 0 Å². The third-order valence-electron chi connectivity index (χ3n) is 2.55. The van der Waals surface area contributed by atoms with Crippen LogP contribution in [0.15, 0.2) is 42.5 Å². The van der Waals surface area contributed by atoms with Gasteiger partial charge in [-0.05, 0) is 11.5 Å². The maximum atomic E-state index is 10.7. The van der Waals surface area contributed by atoms with Crippen molar-refractivity contribution in [1.29, 1.82) is 0 Å². The van der Waals surface area contributed by atoms with Gasteiger partial charge in [-0.3, -0.25) is 4.79 Å². The fourth-order valence-corrected chi connectivity index (χ4v) is 1.83. The average Bonchev–Trinajstić information content (AvgIpc) is 2.27. The number of nitrogens with zero attached hydrogens (tertiary/aromatic N) is 1. The van der Waals surface area contributed by atoms with Crippen molar-refractivity contribution >= 4 is 22.4 Å². The summed E-state index contributed by atoms with van der Waals surface area (Å²) in [7, 11) is 1.79. The van der Waals surface area contributed by atoms with E-state index in [1.165, 1.54) is 0 Å². The van der Waals surface area contributed by atoms with Gasteiger partial charge in [0.15, 0.2) is 0 Å². The molecule has 0 spiro atoms. The van der Waals surface area contributed by atoms with E-state index in [1.54, 1.807) is 11.9 Å². The third kappa shape index (κ3) is 1.98. The SMILES string of the molecule is CN(CC(=O)O)c1cccc2ccccc12. The molecule has 0 saturated carbocycles. The second-order valence-electron chi connectivity index (χ2n) is 3.75. The monoisotopic (exact) mass is 215 g/mol. The lowest BCUT2D eigenvalue weighted by atomic mass is 10.1. The Morgan fingerprint density at radius 1 is 1.19 bits per heavy atom. The summed E-state index contributed by atoms with van der Waals surface area (Å²) in [4.78, 5) is 12.4. The molecule has 0 amide bonds. The van der Waals surface area contributed by atoms with Gasteiger partial charge in [0.05, 0.1) is 0 Å². The van der Waals surface area contributed by atoms with E-state index < -0.39 is 5.97 Å². The lowest BCUT2D eigenvalue weighted by molar-refractivity contribution is -0.135. The predicted molar refractivity (Wildman–Crippen MR) is 64.9 cm³/mol. The Labute approximate surface area is 93.9 Å². The Hall–Kier alpha value is -2.03. The first-order valence-electron chi connectivity index (χ1n) is 5.09. The minimum absolute atomic E-state index is 0.00794. The average molecular weight is 215 g/mol. The molecule has 2 rings (SSSR count). The lowest BCUT2D eigenvalue weighted by Gasteiger charge is -2.18. The quantitative estimate of drug-likeness (QED) is 0.854. The van der Waals surface area contributed by atoms with E-state index in [9.17, 15) is 4.79 Å². The summed E-state index contributed by atoms with van der Waals surface area (Å²) in [5.74, 6) is -0.824. The first kappa shape index (κ1) is 10.5. The van der Waals surface area contributed by atoms with Crippen LogP contribution in [-0.4, -0.2) is 24.7 Å². The van der Waals surface area contributed by atoms with Crippen molar-refractivity contribution in [3.8, 4) is 0 Å². The van der Waals surface area contributed by atoms with Crippen LogP contribution >= 0.6 is 0 Å². The Bertz CT molecular complexity index is 517. The van der Waals surface area contributed by atoms with Crippen LogP contribution in [0.3, 0.4) is 0 Å². The molecule has 0 aliphatic heterocycles. The number of aliphatic carboxylic acids is 1. The van der Waals surface area contributed by atoms with Gasteiger partial charge in [-0.15, -0.1) is 0 Å². The topological polar surface area (TPSA) is 40.5 Å². The van der Waals surface area contributed by atoms with Gasteiger partial charge in [0.1, 0.15) is 6.54 Å². The number of rotatable bonds is 3. The zero-order valence-electron chi connectivity index (χ0n) is 9.05. The van der Waals surface area contributed by atoms with Gasteiger partial charge >= 0.3 is 5.97 Å². The van der Waals surface area contributed by atoms with Crippen molar-refractivity contribution in [3.05, 3.63) is 42.5 Å². The van der Waals surface area contributed by atoms with E-state index in [2.05, 4.69) is 0 Å². The zero-order valence-corrected chi connectivity index (χ0v) is 9.05. The second-order valence-corrected chi connectivity index (χ2v) is 3.75. The van der Waals surface area contributed by atoms with Gasteiger partial charge in [0.2, 0.25) is 0 Å². The number of carboxylic acids is 1. The van der Waals surface area contributed by atoms with E-state index in [1.807, 2.05) is 42.5 Å². The van der Waals surface area contributed by atoms with E-state index in [-0.39, 0.29) is 6.54 Å². The number of likely N-dealkylation sites (N-methyl/N-ethyl adjacent to an activating group) is 1. The van der Waals surface area contributed by atoms with Crippen molar-refractivity contribution in [2.75, 3.05) is 18.5 Å². The number of hydrogen-bond donors (Lipinski definition) is 1. The number of carboxylic acid groups (broad SMARTS) is 1. The molecule has 0 aliphatic carbocycles. The summed E-state index contributed by atoms with van der Waals surface area (Å²) in [6.45, 7) is 0.00794. The van der Waals surface area contributed by atoms with Crippen LogP contribution in [0.25, 0.3) is 10.8 Å². The predicted octanol–water partition coefficient (Wildman–Crippen LogP) is 2.36. The molecule has 0 aliphatic rings. The summed E-state index contributed by atoms with van der Waals surface area (Å²) >= 11 is 0. The summed E-state index contributed by atoms with van der Waals surface area (Å²) in [5, 5.41) is 11.0. The highest BCUT2D eigenvalue weighted by molar-refractivity contribution is 5.95. The summed E-state index contributed by atoms with van der Waals surface area (Å²) in [6, 6.07) is 13.9. The molecule has 0 atom stereocenters. The number of anilines is 1. The van der Waals surface area contributed by atoms with Gasteiger partial charge in [-0.1, -0.05) is 36.4 Å². The van der Waals surface area contributed by atoms with Crippen molar-refractivity contribution in [1.82, 2.24) is 0 Å². The molecule has 0 saturated heterocycles. The minimum Gasteiger partial charge on any atom is -0.480 e. The Morgan fingerprint density at radius 3 is 2.62 bits per heavy atom. The van der Waals surface area contributed by atoms with E-state index >= 15 is 0 Å². The molecule has 16 heavy (non-hydrogen) atoms. The summed E-state index contributed by atoms with van der Waals surface area (Å²) in [6.07, 6.45) is 0. The van der Waals surface area contributed by atoms with Crippen molar-refractivity contribution in [2.45, 2.75) is 0 Å². The second kappa shape index (κ2) is 4.23. The van der Waals surface area contributed by atoms with Gasteiger partial charge < -0.3 is 10.0 Å². The van der Waals surface area contributed by atoms with Crippen LogP contribution in [0, 0.1) is 0 Å². The Balaban J connectivity index is 2.47. The van der Waals surface area contributed by atoms with Gasteiger partial charge in [-0.25, -0.2) is 0 Å². The molecule has 0 radical (unpaired) electrons. The maximum absolute atomic E-state index is 10.7. The van der Waals surface area contributed by atoms with Crippen molar-refractivity contribution in [2.24, 2.45) is 0 Å². The smallest absolute Gasteiger partial charge is 0.323 e. The molecule has 0 aromatic heterocycles. The summed E-state index contributed by atoms with van der Waals surface area (Å²) < 4.78 is 0. The zero-order chi connectivity index (χ0) is 11.5. The van der Waals surface area contributed by atoms with Crippen LogP contribution in [-0.2, 0) is 4.79 Å². The Morgan fingerprint density at radius 2 is 1.88 bits per heavy atom. The van der Waals surface area contributed by atoms with Crippen molar-refractivity contribution < 1.29 is 9.90 Å². The fourth-order valence-electron chi connectivity index (χ4n) is 1.83. The van der Waals surface area contributed by atoms with E-state index in [0.717, 1.165) is 16.5 Å². The molecule has 0 fully saturated rings. The molecule has 2 aromatic rings. The molecule has 0 heterocycles. The van der Waals surface area contributed by atoms with Crippen LogP contribution < -0.4 is 4.90 Å². The van der Waals surface area contributed by atoms with Crippen molar-refractivity contribution in [3.63, 3.8) is 0 Å². The largest absolute Gasteiger partial charge is 0.480 e. The number of fused-ring (bicyclic) bond motifs is 1. The standard InChI is InChI=1S/C13H13NO2/c1-14(9-13(15)16)12-8-4-6-10-5-2-3-7-11(10)12/h2-8H,9H2,1H3,(H,15,16). The molecule has 1 N–H and O–H groups in total. The lowest BCUT2D eigenvalue weighted by Crippen LogP contribution is -2.25. The van der Waals surface area contributed by atoms with Crippen LogP contribution in [0.1, 0.15) is 0 Å². The van der Waals surface area contributed by atoms with Gasteiger partial charge in [0.25, 0.3) is 0 Å². The third-order valence-corrected chi connectivity index (χ3v) is 2.55. The fraction of sp³-hybridized carbons (Fsp3) is 0.154. The molecule has 0 bridgehead atoms. The molecule has 3 nitrogen and oxygen atoms in total. The summed E-state index contributed by atoms with van der Waals surface area (Å²) in [5.41, 5.74) is 0.945. The van der Waals surface area contributed by atoms with Gasteiger partial charge in [-0.2, -0.15) is 0 Å². The maximum Gasteiger partial charge on any atom is 0.323 e. The van der Waals surface area contributed by atoms with Gasteiger partial charge in [0, 0.05) is 18.1 Å². The highest BCUT2D eigenvalue weighted by Crippen LogP contribution is 2.25. The minimum atomic E-state index is -0.824. The van der Waals surface area contributed by atoms with Crippen LogP contribution in [0.2, 0.25) is 0 Å². The molecular formula is C13H13NO2. The molecule has 2 aromatic carbocycles. The number of hydrogen-bond acceptors (Lipinski definition) is 2. The highest BCUT2D eigenvalue weighted by atomic mass is 16.4. The molecule has 0 unspecified atom stereocenters. The normalized spacial score (nSPS) is 10.3.